The van der Waals surface area contributed by atoms with Gasteiger partial charge in [-0.05, 0) is 17.7 Å². The lowest BCUT2D eigenvalue weighted by atomic mass is 10.1. The van der Waals surface area contributed by atoms with E-state index in [4.69, 9.17) is 18.9 Å². The van der Waals surface area contributed by atoms with Crippen molar-refractivity contribution in [2.24, 2.45) is 0 Å². The molecule has 176 valence electrons. The Morgan fingerprint density at radius 2 is 1.52 bits per heavy atom. The highest BCUT2D eigenvalue weighted by atomic mass is 32.2. The first kappa shape index (κ1) is 24.4. The minimum atomic E-state index is -1.28. The average Bonchev–Trinajstić information content (AvgIpc) is 2.74. The molecule has 1 aliphatic rings. The number of rotatable bonds is 6. The number of esters is 3. The van der Waals surface area contributed by atoms with Gasteiger partial charge in [0.2, 0.25) is 5.82 Å². The van der Waals surface area contributed by atoms with Gasteiger partial charge in [0.1, 0.15) is 6.33 Å². The van der Waals surface area contributed by atoms with E-state index in [1.165, 1.54) is 31.7 Å². The first-order valence-corrected chi connectivity index (χ1v) is 10.7. The fraction of sp³-hybridized carbons (Fsp3) is 0.381. The Balaban J connectivity index is 1.95. The second-order valence-corrected chi connectivity index (χ2v) is 8.14. The third-order valence-electron chi connectivity index (χ3n) is 4.44. The van der Waals surface area contributed by atoms with Crippen LogP contribution in [0.2, 0.25) is 0 Å². The SMILES string of the molecule is CC(=O)O[C@@H]1[C@@H](OC(C)=O)[C@@H](Oc2cc(-c3cncnc3)cc(F)c2F)SC[C@H]1OC(C)=O. The summed E-state index contributed by atoms with van der Waals surface area (Å²) in [5.74, 6) is -4.91. The van der Waals surface area contributed by atoms with Crippen molar-refractivity contribution in [3.63, 3.8) is 0 Å². The Morgan fingerprint density at radius 3 is 2.12 bits per heavy atom. The van der Waals surface area contributed by atoms with Crippen LogP contribution in [0.3, 0.4) is 0 Å². The molecule has 4 atom stereocenters. The number of carbonyl (C=O) groups is 3. The zero-order valence-corrected chi connectivity index (χ0v) is 18.6. The van der Waals surface area contributed by atoms with Gasteiger partial charge in [0.15, 0.2) is 35.3 Å². The van der Waals surface area contributed by atoms with Crippen LogP contribution in [-0.4, -0.2) is 57.4 Å². The topological polar surface area (TPSA) is 114 Å². The van der Waals surface area contributed by atoms with Gasteiger partial charge < -0.3 is 18.9 Å². The molecule has 1 aromatic heterocycles. The van der Waals surface area contributed by atoms with E-state index >= 15 is 0 Å². The van der Waals surface area contributed by atoms with Crippen molar-refractivity contribution < 1.29 is 42.1 Å². The molecule has 0 unspecified atom stereocenters. The molecule has 12 heteroatoms. The molecule has 3 rings (SSSR count). The van der Waals surface area contributed by atoms with Gasteiger partial charge in [-0.1, -0.05) is 0 Å². The van der Waals surface area contributed by atoms with E-state index in [1.807, 2.05) is 0 Å². The molecule has 2 heterocycles. The van der Waals surface area contributed by atoms with Crippen LogP contribution < -0.4 is 4.74 Å². The van der Waals surface area contributed by atoms with Gasteiger partial charge in [0.25, 0.3) is 0 Å². The number of nitrogens with zero attached hydrogens (tertiary/aromatic N) is 2. The van der Waals surface area contributed by atoms with E-state index in [2.05, 4.69) is 9.97 Å². The van der Waals surface area contributed by atoms with Gasteiger partial charge in [0.05, 0.1) is 0 Å². The summed E-state index contributed by atoms with van der Waals surface area (Å²) in [5, 5.41) is 0. The summed E-state index contributed by atoms with van der Waals surface area (Å²) >= 11 is 1.02. The van der Waals surface area contributed by atoms with Gasteiger partial charge in [-0.15, -0.1) is 11.8 Å². The Labute approximate surface area is 191 Å². The van der Waals surface area contributed by atoms with Crippen molar-refractivity contribution in [3.8, 4) is 16.9 Å². The maximum atomic E-state index is 14.6. The Hall–Kier alpha value is -3.28. The van der Waals surface area contributed by atoms with Crippen LogP contribution in [0.4, 0.5) is 8.78 Å². The number of thioether (sulfide) groups is 1. The van der Waals surface area contributed by atoms with Gasteiger partial charge in [-0.3, -0.25) is 14.4 Å². The minimum absolute atomic E-state index is 0.0796. The Kier molecular flexibility index (Phi) is 7.79. The van der Waals surface area contributed by atoms with Gasteiger partial charge in [-0.2, -0.15) is 4.39 Å². The zero-order valence-electron chi connectivity index (χ0n) is 17.8. The zero-order chi connectivity index (χ0) is 24.1. The molecule has 0 saturated carbocycles. The summed E-state index contributed by atoms with van der Waals surface area (Å²) < 4.78 is 50.4. The molecule has 0 radical (unpaired) electrons. The van der Waals surface area contributed by atoms with Gasteiger partial charge in [0, 0.05) is 44.5 Å². The van der Waals surface area contributed by atoms with Crippen molar-refractivity contribution in [1.82, 2.24) is 9.97 Å². The second-order valence-electron chi connectivity index (χ2n) is 7.01. The molecule has 1 aromatic carbocycles. The molecule has 1 aliphatic heterocycles. The van der Waals surface area contributed by atoms with E-state index in [9.17, 15) is 23.2 Å². The average molecular weight is 482 g/mol. The highest BCUT2D eigenvalue weighted by molar-refractivity contribution is 7.99. The number of halogens is 2. The molecule has 0 bridgehead atoms. The summed E-state index contributed by atoms with van der Waals surface area (Å²) in [5.41, 5.74) is -0.438. The van der Waals surface area contributed by atoms with Crippen LogP contribution in [0, 0.1) is 11.6 Å². The first-order valence-electron chi connectivity index (χ1n) is 9.70. The largest absolute Gasteiger partial charge is 0.472 e. The predicted molar refractivity (Wildman–Crippen MR) is 111 cm³/mol. The smallest absolute Gasteiger partial charge is 0.303 e. The lowest BCUT2D eigenvalue weighted by Crippen LogP contribution is -2.55. The van der Waals surface area contributed by atoms with Crippen molar-refractivity contribution >= 4 is 29.7 Å². The van der Waals surface area contributed by atoms with Crippen molar-refractivity contribution in [3.05, 3.63) is 42.5 Å². The molecule has 9 nitrogen and oxygen atoms in total. The van der Waals surface area contributed by atoms with Crippen LogP contribution in [0.1, 0.15) is 20.8 Å². The second kappa shape index (κ2) is 10.6. The third kappa shape index (κ3) is 6.15. The highest BCUT2D eigenvalue weighted by Crippen LogP contribution is 2.36. The number of ether oxygens (including phenoxy) is 4. The number of hydrogen-bond donors (Lipinski definition) is 0. The summed E-state index contributed by atoms with van der Waals surface area (Å²) in [4.78, 5) is 42.6. The molecule has 1 saturated heterocycles. The molecule has 0 spiro atoms. The van der Waals surface area contributed by atoms with Crippen molar-refractivity contribution in [2.45, 2.75) is 44.5 Å². The third-order valence-corrected chi connectivity index (χ3v) is 5.65. The van der Waals surface area contributed by atoms with E-state index in [0.717, 1.165) is 31.7 Å². The Morgan fingerprint density at radius 1 is 0.909 bits per heavy atom. The number of carbonyl (C=O) groups excluding carboxylic acids is 3. The van der Waals surface area contributed by atoms with Gasteiger partial charge in [-0.25, -0.2) is 14.4 Å². The molecule has 2 aromatic rings. The highest BCUT2D eigenvalue weighted by Gasteiger charge is 2.48. The number of aromatic nitrogens is 2. The monoisotopic (exact) mass is 482 g/mol. The fourth-order valence-electron chi connectivity index (χ4n) is 3.20. The van der Waals surface area contributed by atoms with Crippen LogP contribution in [0.5, 0.6) is 5.75 Å². The molecular weight excluding hydrogens is 462 g/mol. The molecular formula is C21H20F2N2O7S. The van der Waals surface area contributed by atoms with Crippen LogP contribution >= 0.6 is 11.8 Å². The lowest BCUT2D eigenvalue weighted by Gasteiger charge is -2.39. The van der Waals surface area contributed by atoms with Crippen LogP contribution in [0.15, 0.2) is 30.9 Å². The maximum Gasteiger partial charge on any atom is 0.303 e. The van der Waals surface area contributed by atoms with Gasteiger partial charge >= 0.3 is 17.9 Å². The summed E-state index contributed by atoms with van der Waals surface area (Å²) in [6.45, 7) is 3.43. The fourth-order valence-corrected chi connectivity index (χ4v) is 4.41. The molecule has 1 fully saturated rings. The van der Waals surface area contributed by atoms with Crippen LogP contribution in [-0.2, 0) is 28.6 Å². The van der Waals surface area contributed by atoms with E-state index in [1.54, 1.807) is 0 Å². The molecule has 33 heavy (non-hydrogen) atoms. The molecule has 0 aliphatic carbocycles. The first-order chi connectivity index (χ1) is 15.7. The molecule has 0 amide bonds. The maximum absolute atomic E-state index is 14.6. The number of benzene rings is 1. The normalized spacial score (nSPS) is 22.2. The summed E-state index contributed by atoms with van der Waals surface area (Å²) in [7, 11) is 0. The Bertz CT molecular complexity index is 1040. The lowest BCUT2D eigenvalue weighted by molar-refractivity contribution is -0.186. The summed E-state index contributed by atoms with van der Waals surface area (Å²) in [6.07, 6.45) is 0.676. The quantitative estimate of drug-likeness (QED) is 0.450. The van der Waals surface area contributed by atoms with Crippen LogP contribution in [0.25, 0.3) is 11.1 Å². The standard InChI is InChI=1S/C21H20F2N2O7S/c1-10(26)29-17-8-33-21(20(31-12(3)28)19(17)30-11(2)27)32-16-5-13(4-15(22)18(16)23)14-6-24-9-25-7-14/h4-7,9,17,19-21H,8H2,1-3H3/t17-,19+,20-,21+/m1/s1. The van der Waals surface area contributed by atoms with E-state index in [-0.39, 0.29) is 11.3 Å². The number of hydrogen-bond acceptors (Lipinski definition) is 10. The summed E-state index contributed by atoms with van der Waals surface area (Å²) in [6, 6.07) is 2.22. The predicted octanol–water partition coefficient (Wildman–Crippen LogP) is 2.67. The minimum Gasteiger partial charge on any atom is -0.472 e. The molecule has 0 N–H and O–H groups in total. The van der Waals surface area contributed by atoms with Crippen molar-refractivity contribution in [2.75, 3.05) is 5.75 Å². The van der Waals surface area contributed by atoms with E-state index < -0.39 is 59.0 Å². The van der Waals surface area contributed by atoms with Crippen molar-refractivity contribution in [1.29, 1.82) is 0 Å². The van der Waals surface area contributed by atoms with E-state index in [0.29, 0.717) is 5.56 Å².